The smallest absolute Gasteiger partial charge is 0.274 e. The lowest BCUT2D eigenvalue weighted by Crippen LogP contribution is -2.31. The van der Waals surface area contributed by atoms with Crippen molar-refractivity contribution >= 4 is 11.6 Å². The van der Waals surface area contributed by atoms with Crippen LogP contribution in [0.25, 0.3) is 0 Å². The first kappa shape index (κ1) is 18.7. The van der Waals surface area contributed by atoms with E-state index in [0.29, 0.717) is 19.7 Å². The quantitative estimate of drug-likeness (QED) is 0.756. The van der Waals surface area contributed by atoms with Crippen LogP contribution in [0.4, 0.5) is 5.69 Å². The largest absolute Gasteiger partial charge is 0.383 e. The van der Waals surface area contributed by atoms with Crippen molar-refractivity contribution in [2.24, 2.45) is 0 Å². The molecule has 1 aromatic heterocycles. The van der Waals surface area contributed by atoms with E-state index in [1.807, 2.05) is 43.3 Å². The van der Waals surface area contributed by atoms with E-state index in [4.69, 9.17) is 4.74 Å². The summed E-state index contributed by atoms with van der Waals surface area (Å²) >= 11 is 0. The third kappa shape index (κ3) is 4.90. The maximum absolute atomic E-state index is 12.6. The van der Waals surface area contributed by atoms with Crippen molar-refractivity contribution in [2.75, 3.05) is 39.8 Å². The molecule has 7 nitrogen and oxygen atoms in total. The van der Waals surface area contributed by atoms with Crippen LogP contribution < -0.4 is 10.5 Å². The number of aromatic nitrogens is 2. The second-order valence-electron chi connectivity index (χ2n) is 5.99. The summed E-state index contributed by atoms with van der Waals surface area (Å²) in [7, 11) is 7.23. The first-order chi connectivity index (χ1) is 11.9. The van der Waals surface area contributed by atoms with E-state index in [1.165, 1.54) is 16.8 Å². The molecule has 2 rings (SSSR count). The van der Waals surface area contributed by atoms with Gasteiger partial charge in [0.25, 0.3) is 11.5 Å². The molecule has 2 aromatic rings. The Morgan fingerprint density at radius 1 is 1.12 bits per heavy atom. The van der Waals surface area contributed by atoms with Crippen LogP contribution in [0.1, 0.15) is 16.1 Å². The minimum atomic E-state index is -0.254. The second kappa shape index (κ2) is 8.43. The number of hydrogen-bond donors (Lipinski definition) is 0. The summed E-state index contributed by atoms with van der Waals surface area (Å²) in [5.41, 5.74) is 2.11. The molecular formula is C18H24N4O3. The van der Waals surface area contributed by atoms with E-state index in [9.17, 15) is 9.59 Å². The number of carbonyl (C=O) groups excluding carboxylic acids is 1. The molecular weight excluding hydrogens is 320 g/mol. The standard InChI is InChI=1S/C18H24N4O3/c1-20(2)15-7-5-14(6-8-15)13-21(3)18(24)16-9-10-17(23)22(19-16)11-12-25-4/h5-10H,11-13H2,1-4H3. The average Bonchev–Trinajstić information content (AvgIpc) is 2.60. The van der Waals surface area contributed by atoms with Crippen molar-refractivity contribution in [3.05, 3.63) is 58.0 Å². The van der Waals surface area contributed by atoms with E-state index in [1.54, 1.807) is 19.1 Å². The van der Waals surface area contributed by atoms with Gasteiger partial charge in [-0.05, 0) is 23.8 Å². The molecule has 0 aliphatic carbocycles. The highest BCUT2D eigenvalue weighted by Gasteiger charge is 2.15. The predicted octanol–water partition coefficient (Wildman–Crippen LogP) is 1.23. The Labute approximate surface area is 147 Å². The van der Waals surface area contributed by atoms with Gasteiger partial charge in [0.2, 0.25) is 0 Å². The predicted molar refractivity (Wildman–Crippen MR) is 96.9 cm³/mol. The highest BCUT2D eigenvalue weighted by Crippen LogP contribution is 2.14. The van der Waals surface area contributed by atoms with Crippen LogP contribution in [-0.2, 0) is 17.8 Å². The first-order valence-electron chi connectivity index (χ1n) is 8.01. The van der Waals surface area contributed by atoms with Gasteiger partial charge < -0.3 is 14.5 Å². The number of amides is 1. The molecule has 0 spiro atoms. The number of carbonyl (C=O) groups is 1. The first-order valence-corrected chi connectivity index (χ1v) is 8.01. The van der Waals surface area contributed by atoms with E-state index in [0.717, 1.165) is 11.3 Å². The number of anilines is 1. The molecule has 0 unspecified atom stereocenters. The van der Waals surface area contributed by atoms with Gasteiger partial charge in [-0.25, -0.2) is 4.68 Å². The van der Waals surface area contributed by atoms with Gasteiger partial charge in [-0.3, -0.25) is 9.59 Å². The van der Waals surface area contributed by atoms with Crippen LogP contribution >= 0.6 is 0 Å². The molecule has 1 heterocycles. The minimum Gasteiger partial charge on any atom is -0.383 e. The lowest BCUT2D eigenvalue weighted by atomic mass is 10.2. The van der Waals surface area contributed by atoms with Crippen molar-refractivity contribution in [2.45, 2.75) is 13.1 Å². The molecule has 0 saturated carbocycles. The van der Waals surface area contributed by atoms with Crippen LogP contribution in [0.15, 0.2) is 41.2 Å². The van der Waals surface area contributed by atoms with Crippen molar-refractivity contribution in [3.63, 3.8) is 0 Å². The molecule has 0 atom stereocenters. The number of methoxy groups -OCH3 is 1. The molecule has 0 bridgehead atoms. The van der Waals surface area contributed by atoms with Crippen LogP contribution in [0, 0.1) is 0 Å². The monoisotopic (exact) mass is 344 g/mol. The lowest BCUT2D eigenvalue weighted by molar-refractivity contribution is 0.0775. The lowest BCUT2D eigenvalue weighted by Gasteiger charge is -2.18. The van der Waals surface area contributed by atoms with E-state index < -0.39 is 0 Å². The normalized spacial score (nSPS) is 10.6. The summed E-state index contributed by atoms with van der Waals surface area (Å²) in [6.07, 6.45) is 0. The molecule has 0 aliphatic rings. The van der Waals surface area contributed by atoms with Crippen molar-refractivity contribution in [3.8, 4) is 0 Å². The Bertz CT molecular complexity index is 769. The fraction of sp³-hybridized carbons (Fsp3) is 0.389. The third-order valence-electron chi connectivity index (χ3n) is 3.81. The highest BCUT2D eigenvalue weighted by molar-refractivity contribution is 5.91. The molecule has 25 heavy (non-hydrogen) atoms. The zero-order chi connectivity index (χ0) is 18.4. The molecule has 0 N–H and O–H groups in total. The number of benzene rings is 1. The molecule has 7 heteroatoms. The SMILES string of the molecule is COCCn1nc(C(=O)N(C)Cc2ccc(N(C)C)cc2)ccc1=O. The highest BCUT2D eigenvalue weighted by atomic mass is 16.5. The molecule has 1 aromatic carbocycles. The fourth-order valence-corrected chi connectivity index (χ4v) is 2.34. The van der Waals surface area contributed by atoms with Gasteiger partial charge in [-0.15, -0.1) is 0 Å². The van der Waals surface area contributed by atoms with E-state index in [2.05, 4.69) is 5.10 Å². The topological polar surface area (TPSA) is 67.7 Å². The van der Waals surface area contributed by atoms with Gasteiger partial charge in [0, 0.05) is 46.6 Å². The average molecular weight is 344 g/mol. The molecule has 134 valence electrons. The van der Waals surface area contributed by atoms with Gasteiger partial charge in [0.1, 0.15) is 5.69 Å². The molecule has 0 saturated heterocycles. The van der Waals surface area contributed by atoms with Crippen LogP contribution in [0.2, 0.25) is 0 Å². The summed E-state index contributed by atoms with van der Waals surface area (Å²) in [4.78, 5) is 27.9. The van der Waals surface area contributed by atoms with Crippen molar-refractivity contribution in [1.82, 2.24) is 14.7 Å². The van der Waals surface area contributed by atoms with Gasteiger partial charge in [-0.2, -0.15) is 5.10 Å². The van der Waals surface area contributed by atoms with Gasteiger partial charge in [0.05, 0.1) is 13.2 Å². The second-order valence-corrected chi connectivity index (χ2v) is 5.99. The molecule has 0 radical (unpaired) electrons. The number of rotatable bonds is 7. The maximum atomic E-state index is 12.6. The van der Waals surface area contributed by atoms with Gasteiger partial charge in [0.15, 0.2) is 0 Å². The number of nitrogens with zero attached hydrogens (tertiary/aromatic N) is 4. The van der Waals surface area contributed by atoms with Crippen molar-refractivity contribution in [1.29, 1.82) is 0 Å². The number of ether oxygens (including phenoxy) is 1. The van der Waals surface area contributed by atoms with Crippen LogP contribution in [-0.4, -0.2) is 55.4 Å². The Balaban J connectivity index is 2.10. The summed E-state index contributed by atoms with van der Waals surface area (Å²) in [5, 5.41) is 4.14. The Kier molecular flexibility index (Phi) is 6.30. The van der Waals surface area contributed by atoms with Gasteiger partial charge in [-0.1, -0.05) is 12.1 Å². The van der Waals surface area contributed by atoms with Gasteiger partial charge >= 0.3 is 0 Å². The van der Waals surface area contributed by atoms with E-state index in [-0.39, 0.29) is 17.2 Å². The zero-order valence-corrected chi connectivity index (χ0v) is 15.1. The van der Waals surface area contributed by atoms with E-state index >= 15 is 0 Å². The molecule has 1 amide bonds. The number of hydrogen-bond acceptors (Lipinski definition) is 5. The van der Waals surface area contributed by atoms with Crippen molar-refractivity contribution < 1.29 is 9.53 Å². The molecule has 0 aliphatic heterocycles. The Morgan fingerprint density at radius 2 is 1.80 bits per heavy atom. The maximum Gasteiger partial charge on any atom is 0.274 e. The third-order valence-corrected chi connectivity index (χ3v) is 3.81. The zero-order valence-electron chi connectivity index (χ0n) is 15.1. The summed E-state index contributed by atoms with van der Waals surface area (Å²) < 4.78 is 6.20. The summed E-state index contributed by atoms with van der Waals surface area (Å²) in [6, 6.07) is 10.8. The summed E-state index contributed by atoms with van der Waals surface area (Å²) in [6.45, 7) is 1.14. The fourth-order valence-electron chi connectivity index (χ4n) is 2.34. The molecule has 0 fully saturated rings. The minimum absolute atomic E-state index is 0.233. The van der Waals surface area contributed by atoms with Crippen LogP contribution in [0.5, 0.6) is 0 Å². The summed E-state index contributed by atoms with van der Waals surface area (Å²) in [5.74, 6) is -0.233. The van der Waals surface area contributed by atoms with Crippen LogP contribution in [0.3, 0.4) is 0 Å². The Hall–Kier alpha value is -2.67. The Morgan fingerprint density at radius 3 is 2.40 bits per heavy atom.